The summed E-state index contributed by atoms with van der Waals surface area (Å²) in [6.07, 6.45) is 1.86. The number of aromatic nitrogens is 1. The Kier molecular flexibility index (Phi) is 6.92. The van der Waals surface area contributed by atoms with Crippen molar-refractivity contribution >= 4 is 34.2 Å². The van der Waals surface area contributed by atoms with Gasteiger partial charge in [0.25, 0.3) is 5.91 Å². The van der Waals surface area contributed by atoms with Crippen LogP contribution in [0.25, 0.3) is 10.4 Å². The predicted octanol–water partition coefficient (Wildman–Crippen LogP) is 4.17. The number of pyridine rings is 1. The number of benzene rings is 1. The zero-order valence-corrected chi connectivity index (χ0v) is 17.3. The van der Waals surface area contributed by atoms with E-state index in [9.17, 15) is 14.4 Å². The third-order valence-electron chi connectivity index (χ3n) is 4.09. The molecule has 3 aromatic rings. The number of anilines is 1. The summed E-state index contributed by atoms with van der Waals surface area (Å²) in [6, 6.07) is 14.2. The largest absolute Gasteiger partial charge is 0.462 e. The number of nitrogens with zero attached hydrogens (tertiary/aromatic N) is 1. The Morgan fingerprint density at radius 1 is 1.07 bits per heavy atom. The molecule has 1 N–H and O–H groups in total. The van der Waals surface area contributed by atoms with E-state index >= 15 is 0 Å². The lowest BCUT2D eigenvalue weighted by molar-refractivity contribution is -0.123. The quantitative estimate of drug-likeness (QED) is 0.572. The fraction of sp³-hybridized carbons (Fsp3) is 0.182. The van der Waals surface area contributed by atoms with E-state index < -0.39 is 23.9 Å². The van der Waals surface area contributed by atoms with Gasteiger partial charge in [-0.2, -0.15) is 0 Å². The van der Waals surface area contributed by atoms with Gasteiger partial charge < -0.3 is 14.8 Å². The summed E-state index contributed by atoms with van der Waals surface area (Å²) in [7, 11) is 0. The average molecular weight is 424 g/mol. The molecule has 0 saturated carbocycles. The van der Waals surface area contributed by atoms with E-state index in [1.165, 1.54) is 42.8 Å². The highest BCUT2D eigenvalue weighted by atomic mass is 32.1. The van der Waals surface area contributed by atoms with Crippen molar-refractivity contribution in [3.05, 3.63) is 72.1 Å². The highest BCUT2D eigenvalue weighted by Gasteiger charge is 2.24. The van der Waals surface area contributed by atoms with Crippen molar-refractivity contribution < 1.29 is 23.9 Å². The SMILES string of the molecule is CCOC(=O)c1cc(-c2ccccc2)sc1NC(=O)[C@@H](C)OC(=O)c1ccncc1. The first kappa shape index (κ1) is 21.2. The molecular weight excluding hydrogens is 404 g/mol. The molecule has 0 spiro atoms. The molecule has 1 atom stereocenters. The molecule has 3 rings (SSSR count). The molecule has 7 nitrogen and oxygen atoms in total. The van der Waals surface area contributed by atoms with Gasteiger partial charge in [0.05, 0.1) is 17.7 Å². The monoisotopic (exact) mass is 424 g/mol. The zero-order valence-electron chi connectivity index (χ0n) is 16.5. The molecule has 2 heterocycles. The van der Waals surface area contributed by atoms with Crippen LogP contribution >= 0.6 is 11.3 Å². The lowest BCUT2D eigenvalue weighted by atomic mass is 10.1. The van der Waals surface area contributed by atoms with Gasteiger partial charge in [-0.05, 0) is 37.6 Å². The van der Waals surface area contributed by atoms with Crippen molar-refractivity contribution in [2.45, 2.75) is 20.0 Å². The van der Waals surface area contributed by atoms with Crippen LogP contribution < -0.4 is 5.32 Å². The van der Waals surface area contributed by atoms with Gasteiger partial charge in [0.15, 0.2) is 6.10 Å². The second-order valence-corrected chi connectivity index (χ2v) is 7.26. The molecule has 8 heteroatoms. The molecule has 0 fully saturated rings. The number of nitrogens with one attached hydrogen (secondary N) is 1. The van der Waals surface area contributed by atoms with Crippen LogP contribution in [0.1, 0.15) is 34.6 Å². The lowest BCUT2D eigenvalue weighted by Crippen LogP contribution is -2.30. The lowest BCUT2D eigenvalue weighted by Gasteiger charge is -2.13. The molecule has 1 amide bonds. The van der Waals surface area contributed by atoms with Gasteiger partial charge in [-0.25, -0.2) is 9.59 Å². The van der Waals surface area contributed by atoms with Crippen molar-refractivity contribution in [2.24, 2.45) is 0 Å². The van der Waals surface area contributed by atoms with Crippen molar-refractivity contribution in [2.75, 3.05) is 11.9 Å². The molecule has 0 bridgehead atoms. The molecule has 2 aromatic heterocycles. The highest BCUT2D eigenvalue weighted by molar-refractivity contribution is 7.20. The molecule has 154 valence electrons. The van der Waals surface area contributed by atoms with E-state index in [1.807, 2.05) is 30.3 Å². The average Bonchev–Trinajstić information content (AvgIpc) is 3.19. The number of hydrogen-bond donors (Lipinski definition) is 1. The minimum Gasteiger partial charge on any atom is -0.462 e. The number of carbonyl (C=O) groups is 3. The standard InChI is InChI=1S/C22H20N2O5S/c1-3-28-22(27)17-13-18(15-7-5-4-6-8-15)30-20(17)24-19(25)14(2)29-21(26)16-9-11-23-12-10-16/h4-14H,3H2,1-2H3,(H,24,25)/t14-/m1/s1. The van der Waals surface area contributed by atoms with Gasteiger partial charge in [0, 0.05) is 17.3 Å². The van der Waals surface area contributed by atoms with Crippen LogP contribution in [-0.4, -0.2) is 35.5 Å². The molecule has 0 unspecified atom stereocenters. The van der Waals surface area contributed by atoms with Crippen molar-refractivity contribution in [3.8, 4) is 10.4 Å². The van der Waals surface area contributed by atoms with Crippen LogP contribution in [0.4, 0.5) is 5.00 Å². The minimum atomic E-state index is -1.07. The number of rotatable bonds is 7. The molecule has 0 aliphatic heterocycles. The van der Waals surface area contributed by atoms with Crippen molar-refractivity contribution in [1.29, 1.82) is 0 Å². The smallest absolute Gasteiger partial charge is 0.341 e. The summed E-state index contributed by atoms with van der Waals surface area (Å²) in [6.45, 7) is 3.38. The number of esters is 2. The minimum absolute atomic E-state index is 0.211. The molecule has 0 aliphatic rings. The maximum absolute atomic E-state index is 12.6. The van der Waals surface area contributed by atoms with Crippen LogP contribution in [0.3, 0.4) is 0 Å². The first-order chi connectivity index (χ1) is 14.5. The third kappa shape index (κ3) is 5.09. The summed E-state index contributed by atoms with van der Waals surface area (Å²) in [5.41, 5.74) is 1.45. The number of ether oxygens (including phenoxy) is 2. The molecule has 0 aliphatic carbocycles. The normalized spacial score (nSPS) is 11.4. The van der Waals surface area contributed by atoms with Crippen LogP contribution in [0.15, 0.2) is 60.9 Å². The molecule has 30 heavy (non-hydrogen) atoms. The van der Waals surface area contributed by atoms with E-state index in [1.54, 1.807) is 13.0 Å². The second-order valence-electron chi connectivity index (χ2n) is 6.21. The number of hydrogen-bond acceptors (Lipinski definition) is 7. The van der Waals surface area contributed by atoms with Crippen molar-refractivity contribution in [3.63, 3.8) is 0 Å². The summed E-state index contributed by atoms with van der Waals surface area (Å²) < 4.78 is 10.3. The number of carbonyl (C=O) groups excluding carboxylic acids is 3. The van der Waals surface area contributed by atoms with Gasteiger partial charge >= 0.3 is 11.9 Å². The van der Waals surface area contributed by atoms with Gasteiger partial charge in [0.1, 0.15) is 5.00 Å². The number of thiophene rings is 1. The maximum Gasteiger partial charge on any atom is 0.341 e. The Bertz CT molecular complexity index is 1030. The van der Waals surface area contributed by atoms with Gasteiger partial charge in [0.2, 0.25) is 0 Å². The fourth-order valence-electron chi connectivity index (χ4n) is 2.57. The Balaban J connectivity index is 1.78. The van der Waals surface area contributed by atoms with Gasteiger partial charge in [-0.3, -0.25) is 9.78 Å². The van der Waals surface area contributed by atoms with E-state index in [0.717, 1.165) is 10.4 Å². The Morgan fingerprint density at radius 2 is 1.77 bits per heavy atom. The van der Waals surface area contributed by atoms with Gasteiger partial charge in [-0.1, -0.05) is 30.3 Å². The van der Waals surface area contributed by atoms with Crippen molar-refractivity contribution in [1.82, 2.24) is 4.98 Å². The zero-order chi connectivity index (χ0) is 21.5. The molecule has 0 radical (unpaired) electrons. The molecular formula is C22H20N2O5S. The summed E-state index contributed by atoms with van der Waals surface area (Å²) in [5.74, 6) is -1.72. The Labute approximate surface area is 177 Å². The summed E-state index contributed by atoms with van der Waals surface area (Å²) in [5, 5.41) is 3.02. The van der Waals surface area contributed by atoms with Gasteiger partial charge in [-0.15, -0.1) is 11.3 Å². The van der Waals surface area contributed by atoms with E-state index in [2.05, 4.69) is 10.3 Å². The predicted molar refractivity (Wildman–Crippen MR) is 113 cm³/mol. The van der Waals surface area contributed by atoms with Crippen LogP contribution in [0.5, 0.6) is 0 Å². The summed E-state index contributed by atoms with van der Waals surface area (Å²) in [4.78, 5) is 41.8. The van der Waals surface area contributed by atoms with Crippen LogP contribution in [0, 0.1) is 0 Å². The third-order valence-corrected chi connectivity index (χ3v) is 5.19. The second kappa shape index (κ2) is 9.80. The van der Waals surface area contributed by atoms with E-state index in [4.69, 9.17) is 9.47 Å². The first-order valence-electron chi connectivity index (χ1n) is 9.27. The summed E-state index contributed by atoms with van der Waals surface area (Å²) >= 11 is 1.25. The first-order valence-corrected chi connectivity index (χ1v) is 10.1. The fourth-order valence-corrected chi connectivity index (χ4v) is 3.63. The molecule has 1 aromatic carbocycles. The van der Waals surface area contributed by atoms with Crippen LogP contribution in [-0.2, 0) is 14.3 Å². The highest BCUT2D eigenvalue weighted by Crippen LogP contribution is 2.36. The molecule has 0 saturated heterocycles. The number of amides is 1. The topological polar surface area (TPSA) is 94.6 Å². The van der Waals surface area contributed by atoms with Crippen LogP contribution in [0.2, 0.25) is 0 Å². The Hall–Kier alpha value is -3.52. The maximum atomic E-state index is 12.6. The van der Waals surface area contributed by atoms with E-state index in [-0.39, 0.29) is 12.2 Å². The Morgan fingerprint density at radius 3 is 2.43 bits per heavy atom. The van der Waals surface area contributed by atoms with E-state index in [0.29, 0.717) is 10.6 Å².